The molecule has 0 saturated carbocycles. The molecule has 0 spiro atoms. The second kappa shape index (κ2) is 7.54. The van der Waals surface area contributed by atoms with Gasteiger partial charge in [0, 0.05) is 0 Å². The van der Waals surface area contributed by atoms with E-state index in [0.29, 0.717) is 11.1 Å². The number of carbonyl (C=O) groups is 2. The molecule has 0 amide bonds. The molecule has 0 radical (unpaired) electrons. The summed E-state index contributed by atoms with van der Waals surface area (Å²) in [5.74, 6) is -2.07. The van der Waals surface area contributed by atoms with Crippen LogP contribution in [0.2, 0.25) is 0 Å². The highest BCUT2D eigenvalue weighted by Gasteiger charge is 2.40. The average Bonchev–Trinajstić information content (AvgIpc) is 2.59. The third-order valence-electron chi connectivity index (χ3n) is 3.88. The molecule has 0 bridgehead atoms. The molecule has 0 aromatic heterocycles. The summed E-state index contributed by atoms with van der Waals surface area (Å²) in [6.07, 6.45) is 0. The van der Waals surface area contributed by atoms with Crippen LogP contribution in [0.15, 0.2) is 47.1 Å². The summed E-state index contributed by atoms with van der Waals surface area (Å²) in [5, 5.41) is 9.01. The molecule has 7 heteroatoms. The number of nitrogens with two attached hydrogens (primary N) is 1. The highest BCUT2D eigenvalue weighted by atomic mass is 16.6. The number of ether oxygens (including phenoxy) is 3. The number of allylic oxidation sites excluding steroid dienone is 1. The minimum absolute atomic E-state index is 0.00802. The Morgan fingerprint density at radius 2 is 1.74 bits per heavy atom. The van der Waals surface area contributed by atoms with Crippen molar-refractivity contribution in [2.75, 3.05) is 7.11 Å². The summed E-state index contributed by atoms with van der Waals surface area (Å²) >= 11 is 0. The molecule has 1 heterocycles. The quantitative estimate of drug-likeness (QED) is 0.814. The van der Waals surface area contributed by atoms with E-state index in [9.17, 15) is 9.59 Å². The third kappa shape index (κ3) is 4.29. The number of carbonyl (C=O) groups excluding carboxylic acids is 2. The van der Waals surface area contributed by atoms with Crippen LogP contribution in [-0.4, -0.2) is 24.6 Å². The van der Waals surface area contributed by atoms with E-state index in [2.05, 4.69) is 0 Å². The van der Waals surface area contributed by atoms with Gasteiger partial charge in [-0.3, -0.25) is 0 Å². The Hall–Kier alpha value is -3.27. The zero-order valence-electron chi connectivity index (χ0n) is 16.0. The van der Waals surface area contributed by atoms with Crippen molar-refractivity contribution in [3.05, 3.63) is 58.2 Å². The summed E-state index contributed by atoms with van der Waals surface area (Å²) in [5.41, 5.74) is 6.39. The number of rotatable bonds is 3. The van der Waals surface area contributed by atoms with Gasteiger partial charge in [0.1, 0.15) is 16.9 Å². The van der Waals surface area contributed by atoms with Gasteiger partial charge < -0.3 is 19.9 Å². The molecular formula is C20H22N2O5. The lowest BCUT2D eigenvalue weighted by molar-refractivity contribution is -0.150. The normalized spacial score (nSPS) is 17.1. The molecule has 2 rings (SSSR count). The second-order valence-corrected chi connectivity index (χ2v) is 7.01. The maximum absolute atomic E-state index is 12.9. The topological polar surface area (TPSA) is 112 Å². The number of nitriles is 1. The molecule has 142 valence electrons. The smallest absolute Gasteiger partial charge is 0.340 e. The maximum Gasteiger partial charge on any atom is 0.340 e. The van der Waals surface area contributed by atoms with Crippen LogP contribution >= 0.6 is 0 Å². The molecule has 1 atom stereocenters. The Bertz CT molecular complexity index is 867. The summed E-state index contributed by atoms with van der Waals surface area (Å²) in [7, 11) is 1.22. The van der Waals surface area contributed by atoms with E-state index in [0.717, 1.165) is 0 Å². The molecule has 7 nitrogen and oxygen atoms in total. The number of methoxy groups -OCH3 is 1. The van der Waals surface area contributed by atoms with E-state index in [1.807, 2.05) is 6.07 Å². The van der Waals surface area contributed by atoms with E-state index < -0.39 is 23.5 Å². The molecule has 0 unspecified atom stereocenters. The number of hydrogen-bond donors (Lipinski definition) is 1. The van der Waals surface area contributed by atoms with Crippen LogP contribution in [0.5, 0.6) is 0 Å². The lowest BCUT2D eigenvalue weighted by atomic mass is 9.82. The highest BCUT2D eigenvalue weighted by molar-refractivity contribution is 5.99. The standard InChI is InChI=1S/C20H22N2O5/c1-11-14(19(24)27-20(2,3)4)15(13-8-6-12(10-21)7-9-13)16(17(22)26-11)18(23)25-5/h6-9,15H,22H2,1-5H3/t15-/m0/s1. The molecule has 27 heavy (non-hydrogen) atoms. The molecule has 2 N–H and O–H groups in total. The predicted octanol–water partition coefficient (Wildman–Crippen LogP) is 2.63. The van der Waals surface area contributed by atoms with Crippen molar-refractivity contribution < 1.29 is 23.8 Å². The Morgan fingerprint density at radius 3 is 2.22 bits per heavy atom. The fraction of sp³-hybridized carbons (Fsp3) is 0.350. The second-order valence-electron chi connectivity index (χ2n) is 7.01. The van der Waals surface area contributed by atoms with Crippen LogP contribution < -0.4 is 5.73 Å². The van der Waals surface area contributed by atoms with Gasteiger partial charge in [-0.25, -0.2) is 9.59 Å². The Labute approximate surface area is 158 Å². The fourth-order valence-electron chi connectivity index (χ4n) is 2.77. The van der Waals surface area contributed by atoms with Crippen LogP contribution in [-0.2, 0) is 23.8 Å². The van der Waals surface area contributed by atoms with Gasteiger partial charge in [-0.05, 0) is 45.4 Å². The van der Waals surface area contributed by atoms with Crippen LogP contribution in [0.1, 0.15) is 44.7 Å². The number of esters is 2. The first kappa shape index (κ1) is 20.0. The van der Waals surface area contributed by atoms with Crippen LogP contribution in [0.4, 0.5) is 0 Å². The zero-order valence-corrected chi connectivity index (χ0v) is 16.0. The van der Waals surface area contributed by atoms with Gasteiger partial charge in [-0.15, -0.1) is 0 Å². The minimum atomic E-state index is -0.839. The van der Waals surface area contributed by atoms with Gasteiger partial charge in [0.2, 0.25) is 5.88 Å². The van der Waals surface area contributed by atoms with Gasteiger partial charge in [0.05, 0.1) is 30.2 Å². The van der Waals surface area contributed by atoms with Gasteiger partial charge >= 0.3 is 11.9 Å². The monoisotopic (exact) mass is 370 g/mol. The third-order valence-corrected chi connectivity index (χ3v) is 3.88. The molecule has 1 aromatic rings. The van der Waals surface area contributed by atoms with E-state index >= 15 is 0 Å². The van der Waals surface area contributed by atoms with Gasteiger partial charge in [0.15, 0.2) is 0 Å². The molecule has 1 aliphatic heterocycles. The van der Waals surface area contributed by atoms with Crippen molar-refractivity contribution >= 4 is 11.9 Å². The van der Waals surface area contributed by atoms with Crippen LogP contribution in [0, 0.1) is 11.3 Å². The fourth-order valence-corrected chi connectivity index (χ4v) is 2.77. The van der Waals surface area contributed by atoms with E-state index in [4.69, 9.17) is 25.2 Å². The minimum Gasteiger partial charge on any atom is -0.465 e. The molecule has 0 fully saturated rings. The zero-order chi connectivity index (χ0) is 20.4. The summed E-state index contributed by atoms with van der Waals surface area (Å²) in [6.45, 7) is 6.81. The van der Waals surface area contributed by atoms with Gasteiger partial charge in [0.25, 0.3) is 0 Å². The van der Waals surface area contributed by atoms with Crippen molar-refractivity contribution in [3.63, 3.8) is 0 Å². The van der Waals surface area contributed by atoms with Crippen LogP contribution in [0.25, 0.3) is 0 Å². The largest absolute Gasteiger partial charge is 0.465 e. The van der Waals surface area contributed by atoms with Crippen molar-refractivity contribution in [1.82, 2.24) is 0 Å². The Balaban J connectivity index is 2.64. The first-order valence-corrected chi connectivity index (χ1v) is 8.29. The van der Waals surface area contributed by atoms with Crippen LogP contribution in [0.3, 0.4) is 0 Å². The van der Waals surface area contributed by atoms with Gasteiger partial charge in [-0.2, -0.15) is 5.26 Å². The number of hydrogen-bond acceptors (Lipinski definition) is 7. The maximum atomic E-state index is 12.9. The number of nitrogens with zero attached hydrogens (tertiary/aromatic N) is 1. The van der Waals surface area contributed by atoms with E-state index in [-0.39, 0.29) is 22.8 Å². The predicted molar refractivity (Wildman–Crippen MR) is 96.8 cm³/mol. The first-order chi connectivity index (χ1) is 12.6. The lowest BCUT2D eigenvalue weighted by Gasteiger charge is -2.30. The summed E-state index contributed by atoms with van der Waals surface area (Å²) in [4.78, 5) is 25.2. The SMILES string of the molecule is COC(=O)C1=C(N)OC(C)=C(C(=O)OC(C)(C)C)[C@@H]1c1ccc(C#N)cc1. The Morgan fingerprint density at radius 1 is 1.15 bits per heavy atom. The van der Waals surface area contributed by atoms with Crippen molar-refractivity contribution in [2.45, 2.75) is 39.2 Å². The Kier molecular flexibility index (Phi) is 5.60. The lowest BCUT2D eigenvalue weighted by Crippen LogP contribution is -2.33. The van der Waals surface area contributed by atoms with E-state index in [1.165, 1.54) is 7.11 Å². The van der Waals surface area contributed by atoms with Crippen molar-refractivity contribution in [3.8, 4) is 6.07 Å². The molecule has 1 aliphatic rings. The summed E-state index contributed by atoms with van der Waals surface area (Å²) < 4.78 is 15.8. The van der Waals surface area contributed by atoms with Crippen molar-refractivity contribution in [2.24, 2.45) is 5.73 Å². The molecule has 0 saturated heterocycles. The van der Waals surface area contributed by atoms with Gasteiger partial charge in [-0.1, -0.05) is 12.1 Å². The van der Waals surface area contributed by atoms with Crippen molar-refractivity contribution in [1.29, 1.82) is 5.26 Å². The number of benzene rings is 1. The first-order valence-electron chi connectivity index (χ1n) is 8.29. The summed E-state index contributed by atoms with van der Waals surface area (Å²) in [6, 6.07) is 8.53. The molecule has 0 aliphatic carbocycles. The van der Waals surface area contributed by atoms with E-state index in [1.54, 1.807) is 52.0 Å². The highest BCUT2D eigenvalue weighted by Crippen LogP contribution is 2.40. The average molecular weight is 370 g/mol. The molecule has 1 aromatic carbocycles. The molecular weight excluding hydrogens is 348 g/mol.